The van der Waals surface area contributed by atoms with E-state index in [1.165, 1.54) is 17.9 Å². The van der Waals surface area contributed by atoms with Crippen molar-refractivity contribution < 1.29 is 14.3 Å². The minimum absolute atomic E-state index is 0.0489. The van der Waals surface area contributed by atoms with Crippen LogP contribution in [0, 0.1) is 18.3 Å². The SMILES string of the molecule is CC[C@H](C)Oc1ccccc1/C=N/NC(=O)Cn1c(C)c(Br)c(COC)c(C#N)c1=O. The molecule has 0 bridgehead atoms. The quantitative estimate of drug-likeness (QED) is 0.430. The van der Waals surface area contributed by atoms with E-state index in [4.69, 9.17) is 9.47 Å². The number of carbonyl (C=O) groups is 1. The largest absolute Gasteiger partial charge is 0.490 e. The molecule has 1 amide bonds. The summed E-state index contributed by atoms with van der Waals surface area (Å²) >= 11 is 3.40. The summed E-state index contributed by atoms with van der Waals surface area (Å²) in [6, 6.07) is 9.27. The zero-order valence-electron chi connectivity index (χ0n) is 17.9. The van der Waals surface area contributed by atoms with E-state index in [9.17, 15) is 14.9 Å². The molecule has 1 atom stereocenters. The predicted molar refractivity (Wildman–Crippen MR) is 121 cm³/mol. The second-order valence-corrected chi connectivity index (χ2v) is 7.65. The first-order chi connectivity index (χ1) is 14.8. The van der Waals surface area contributed by atoms with Gasteiger partial charge in [0, 0.05) is 28.4 Å². The topological polar surface area (TPSA) is 106 Å². The molecule has 0 saturated carbocycles. The van der Waals surface area contributed by atoms with Gasteiger partial charge in [-0.1, -0.05) is 19.1 Å². The summed E-state index contributed by atoms with van der Waals surface area (Å²) in [5.41, 5.74) is 3.49. The first kappa shape index (κ1) is 24.3. The van der Waals surface area contributed by atoms with Gasteiger partial charge in [-0.3, -0.25) is 9.59 Å². The Morgan fingerprint density at radius 2 is 2.13 bits per heavy atom. The lowest BCUT2D eigenvalue weighted by atomic mass is 10.1. The standard InChI is InChI=1S/C22H25BrN4O4/c1-5-14(2)31-19-9-7-6-8-16(19)11-25-26-20(28)12-27-15(3)21(23)18(13-30-4)17(10-24)22(27)29/h6-9,11,14H,5,12-13H2,1-4H3,(H,26,28)/b25-11+/t14-/m0/s1. The van der Waals surface area contributed by atoms with Crippen LogP contribution in [0.1, 0.15) is 42.7 Å². The number of aromatic nitrogens is 1. The smallest absolute Gasteiger partial charge is 0.269 e. The predicted octanol–water partition coefficient (Wildman–Crippen LogP) is 3.26. The molecule has 1 heterocycles. The average Bonchev–Trinajstić information content (AvgIpc) is 2.76. The maximum Gasteiger partial charge on any atom is 0.269 e. The highest BCUT2D eigenvalue weighted by atomic mass is 79.9. The van der Waals surface area contributed by atoms with E-state index in [1.54, 1.807) is 6.92 Å². The van der Waals surface area contributed by atoms with Crippen LogP contribution in [-0.4, -0.2) is 29.9 Å². The van der Waals surface area contributed by atoms with Crippen LogP contribution in [0.4, 0.5) is 0 Å². The van der Waals surface area contributed by atoms with Crippen LogP contribution in [-0.2, 0) is 22.7 Å². The highest BCUT2D eigenvalue weighted by molar-refractivity contribution is 9.10. The molecule has 0 spiro atoms. The van der Waals surface area contributed by atoms with Gasteiger partial charge in [0.05, 0.1) is 18.9 Å². The number of nitriles is 1. The lowest BCUT2D eigenvalue weighted by molar-refractivity contribution is -0.121. The number of rotatable bonds is 9. The number of nitrogens with zero attached hydrogens (tertiary/aromatic N) is 3. The van der Waals surface area contributed by atoms with Crippen LogP contribution in [0.2, 0.25) is 0 Å². The van der Waals surface area contributed by atoms with Gasteiger partial charge in [0.15, 0.2) is 0 Å². The van der Waals surface area contributed by atoms with E-state index < -0.39 is 11.5 Å². The van der Waals surface area contributed by atoms with Gasteiger partial charge < -0.3 is 14.0 Å². The van der Waals surface area contributed by atoms with E-state index in [0.717, 1.165) is 12.0 Å². The van der Waals surface area contributed by atoms with Gasteiger partial charge >= 0.3 is 0 Å². The van der Waals surface area contributed by atoms with Crippen molar-refractivity contribution in [2.24, 2.45) is 5.10 Å². The summed E-state index contributed by atoms with van der Waals surface area (Å²) in [6.45, 7) is 5.51. The van der Waals surface area contributed by atoms with E-state index in [0.29, 0.717) is 21.5 Å². The zero-order chi connectivity index (χ0) is 23.0. The van der Waals surface area contributed by atoms with Crippen LogP contribution in [0.3, 0.4) is 0 Å². The van der Waals surface area contributed by atoms with Crippen LogP contribution in [0.15, 0.2) is 38.6 Å². The number of para-hydroxylation sites is 1. The molecule has 1 N–H and O–H groups in total. The van der Waals surface area contributed by atoms with Crippen molar-refractivity contribution in [2.75, 3.05) is 7.11 Å². The molecular weight excluding hydrogens is 464 g/mol. The summed E-state index contributed by atoms with van der Waals surface area (Å²) in [5.74, 6) is 0.162. The second kappa shape index (κ2) is 11.4. The number of hydrogen-bond acceptors (Lipinski definition) is 6. The minimum Gasteiger partial charge on any atom is -0.490 e. The molecule has 2 aromatic rings. The molecule has 8 nitrogen and oxygen atoms in total. The van der Waals surface area contributed by atoms with Crippen LogP contribution in [0.5, 0.6) is 5.75 Å². The van der Waals surface area contributed by atoms with Crippen molar-refractivity contribution >= 4 is 28.1 Å². The van der Waals surface area contributed by atoms with E-state index in [1.807, 2.05) is 44.2 Å². The third kappa shape index (κ3) is 6.03. The lowest BCUT2D eigenvalue weighted by Crippen LogP contribution is -2.33. The Labute approximate surface area is 189 Å². The van der Waals surface area contributed by atoms with Crippen molar-refractivity contribution in [3.05, 3.63) is 61.5 Å². The van der Waals surface area contributed by atoms with Crippen molar-refractivity contribution in [1.82, 2.24) is 9.99 Å². The summed E-state index contributed by atoms with van der Waals surface area (Å²) in [7, 11) is 1.48. The fourth-order valence-corrected chi connectivity index (χ4v) is 3.32. The molecule has 0 unspecified atom stereocenters. The summed E-state index contributed by atoms with van der Waals surface area (Å²) in [4.78, 5) is 25.1. The minimum atomic E-state index is -0.554. The lowest BCUT2D eigenvalue weighted by Gasteiger charge is -2.15. The molecule has 9 heteroatoms. The Morgan fingerprint density at radius 3 is 2.77 bits per heavy atom. The first-order valence-corrected chi connectivity index (χ1v) is 10.5. The summed E-state index contributed by atoms with van der Waals surface area (Å²) < 4.78 is 12.7. The fraction of sp³-hybridized carbons (Fsp3) is 0.364. The molecule has 1 aromatic heterocycles. The third-order valence-corrected chi connectivity index (χ3v) is 5.72. The van der Waals surface area contributed by atoms with Crippen molar-refractivity contribution in [3.8, 4) is 11.8 Å². The van der Waals surface area contributed by atoms with Crippen molar-refractivity contribution in [1.29, 1.82) is 5.26 Å². The molecule has 31 heavy (non-hydrogen) atoms. The number of ether oxygens (including phenoxy) is 2. The molecule has 0 aliphatic rings. The zero-order valence-corrected chi connectivity index (χ0v) is 19.5. The average molecular weight is 489 g/mol. The number of benzene rings is 1. The monoisotopic (exact) mass is 488 g/mol. The normalized spacial score (nSPS) is 11.9. The number of amides is 1. The molecule has 164 valence electrons. The van der Waals surface area contributed by atoms with Gasteiger partial charge in [-0.15, -0.1) is 0 Å². The van der Waals surface area contributed by atoms with Crippen molar-refractivity contribution in [3.63, 3.8) is 0 Å². The fourth-order valence-electron chi connectivity index (χ4n) is 2.80. The van der Waals surface area contributed by atoms with E-state index >= 15 is 0 Å². The van der Waals surface area contributed by atoms with Crippen LogP contribution < -0.4 is 15.7 Å². The third-order valence-electron chi connectivity index (χ3n) is 4.67. The molecular formula is C22H25BrN4O4. The number of methoxy groups -OCH3 is 1. The number of nitrogens with one attached hydrogen (secondary N) is 1. The highest BCUT2D eigenvalue weighted by Gasteiger charge is 2.19. The first-order valence-electron chi connectivity index (χ1n) is 9.72. The van der Waals surface area contributed by atoms with Gasteiger partial charge in [-0.2, -0.15) is 10.4 Å². The molecule has 0 radical (unpaired) electrons. The second-order valence-electron chi connectivity index (χ2n) is 6.86. The molecule has 0 fully saturated rings. The number of halogens is 1. The maximum atomic E-state index is 12.7. The Balaban J connectivity index is 2.19. The van der Waals surface area contributed by atoms with Gasteiger partial charge in [-0.05, 0) is 48.3 Å². The summed E-state index contributed by atoms with van der Waals surface area (Å²) in [5, 5.41) is 13.4. The molecule has 0 saturated heterocycles. The molecule has 1 aromatic carbocycles. The highest BCUT2D eigenvalue weighted by Crippen LogP contribution is 2.23. The number of carbonyl (C=O) groups excluding carboxylic acids is 1. The van der Waals surface area contributed by atoms with Crippen LogP contribution in [0.25, 0.3) is 0 Å². The Hall–Kier alpha value is -2.96. The number of hydrazone groups is 1. The van der Waals surface area contributed by atoms with Gasteiger partial charge in [0.2, 0.25) is 0 Å². The number of hydrogen-bond donors (Lipinski definition) is 1. The molecule has 2 rings (SSSR count). The van der Waals surface area contributed by atoms with E-state index in [2.05, 4.69) is 26.5 Å². The van der Waals surface area contributed by atoms with Gasteiger partial charge in [0.1, 0.15) is 23.9 Å². The Morgan fingerprint density at radius 1 is 1.42 bits per heavy atom. The summed E-state index contributed by atoms with van der Waals surface area (Å²) in [6.07, 6.45) is 2.40. The number of pyridine rings is 1. The van der Waals surface area contributed by atoms with Crippen molar-refractivity contribution in [2.45, 2.75) is 46.4 Å². The molecule has 0 aliphatic carbocycles. The van der Waals surface area contributed by atoms with Gasteiger partial charge in [-0.25, -0.2) is 5.43 Å². The van der Waals surface area contributed by atoms with E-state index in [-0.39, 0.29) is 24.8 Å². The maximum absolute atomic E-state index is 12.7. The molecule has 0 aliphatic heterocycles. The van der Waals surface area contributed by atoms with Crippen LogP contribution >= 0.6 is 15.9 Å². The Bertz CT molecular complexity index is 1070. The Kier molecular flexibility index (Phi) is 8.97. The van der Waals surface area contributed by atoms with Gasteiger partial charge in [0.25, 0.3) is 11.5 Å².